The molecule has 1 saturated heterocycles. The van der Waals surface area contributed by atoms with Crippen LogP contribution < -0.4 is 16.6 Å². The van der Waals surface area contributed by atoms with Gasteiger partial charge in [-0.15, -0.1) is 0 Å². The first kappa shape index (κ1) is 20.3. The molecule has 1 aliphatic rings. The first-order valence-corrected chi connectivity index (χ1v) is 9.46. The SMILES string of the molecule is CC(C)C(=O)N1CC(NC(=O)c2ccc(-n3ccccc3=O)cc2)CC1C(N)=O. The lowest BCUT2D eigenvalue weighted by atomic mass is 10.1. The second kappa shape index (κ2) is 8.30. The van der Waals surface area contributed by atoms with Crippen LogP contribution in [0.4, 0.5) is 0 Å². The van der Waals surface area contributed by atoms with E-state index in [9.17, 15) is 19.2 Å². The van der Waals surface area contributed by atoms with E-state index < -0.39 is 11.9 Å². The lowest BCUT2D eigenvalue weighted by Gasteiger charge is -2.23. The highest BCUT2D eigenvalue weighted by atomic mass is 16.2. The number of pyridine rings is 1. The number of primary amides is 1. The van der Waals surface area contributed by atoms with Gasteiger partial charge in [-0.25, -0.2) is 0 Å². The van der Waals surface area contributed by atoms with Crippen LogP contribution in [0.2, 0.25) is 0 Å². The molecule has 3 amide bonds. The minimum Gasteiger partial charge on any atom is -0.368 e. The summed E-state index contributed by atoms with van der Waals surface area (Å²) in [5.74, 6) is -1.32. The van der Waals surface area contributed by atoms with Gasteiger partial charge >= 0.3 is 0 Å². The third kappa shape index (κ3) is 4.37. The smallest absolute Gasteiger partial charge is 0.255 e. The average Bonchev–Trinajstić information content (AvgIpc) is 3.12. The van der Waals surface area contributed by atoms with Gasteiger partial charge in [-0.3, -0.25) is 23.7 Å². The van der Waals surface area contributed by atoms with E-state index in [1.54, 1.807) is 56.4 Å². The van der Waals surface area contributed by atoms with E-state index in [1.165, 1.54) is 15.5 Å². The molecule has 29 heavy (non-hydrogen) atoms. The van der Waals surface area contributed by atoms with Gasteiger partial charge in [-0.2, -0.15) is 0 Å². The Hall–Kier alpha value is -3.42. The van der Waals surface area contributed by atoms with Crippen molar-refractivity contribution in [1.29, 1.82) is 0 Å². The molecule has 1 fully saturated rings. The largest absolute Gasteiger partial charge is 0.368 e. The van der Waals surface area contributed by atoms with Gasteiger partial charge in [0.15, 0.2) is 0 Å². The Labute approximate surface area is 168 Å². The predicted octanol–water partition coefficient (Wildman–Crippen LogP) is 0.678. The zero-order valence-electron chi connectivity index (χ0n) is 16.4. The van der Waals surface area contributed by atoms with Crippen LogP contribution in [0, 0.1) is 5.92 Å². The number of nitrogens with one attached hydrogen (secondary N) is 1. The zero-order chi connectivity index (χ0) is 21.1. The quantitative estimate of drug-likeness (QED) is 0.773. The number of hydrogen-bond donors (Lipinski definition) is 2. The maximum atomic E-state index is 12.6. The summed E-state index contributed by atoms with van der Waals surface area (Å²) in [6.07, 6.45) is 1.94. The van der Waals surface area contributed by atoms with Gasteiger partial charge in [0.2, 0.25) is 11.8 Å². The van der Waals surface area contributed by atoms with E-state index in [-0.39, 0.29) is 42.3 Å². The van der Waals surface area contributed by atoms with Gasteiger partial charge in [0, 0.05) is 42.0 Å². The molecule has 2 aromatic rings. The number of rotatable bonds is 5. The van der Waals surface area contributed by atoms with Crippen molar-refractivity contribution in [2.24, 2.45) is 11.7 Å². The summed E-state index contributed by atoms with van der Waals surface area (Å²) in [5, 5.41) is 2.87. The molecule has 2 atom stereocenters. The fourth-order valence-corrected chi connectivity index (χ4v) is 3.47. The van der Waals surface area contributed by atoms with E-state index in [0.29, 0.717) is 11.3 Å². The Bertz CT molecular complexity index is 981. The molecular weight excluding hydrogens is 372 g/mol. The second-order valence-electron chi connectivity index (χ2n) is 7.43. The molecule has 2 unspecified atom stereocenters. The van der Waals surface area contributed by atoms with E-state index in [4.69, 9.17) is 5.73 Å². The van der Waals surface area contributed by atoms with E-state index in [1.807, 2.05) is 0 Å². The Balaban J connectivity index is 1.70. The number of likely N-dealkylation sites (tertiary alicyclic amines) is 1. The maximum Gasteiger partial charge on any atom is 0.255 e. The Morgan fingerprint density at radius 1 is 1.10 bits per heavy atom. The number of amides is 3. The third-order valence-corrected chi connectivity index (χ3v) is 4.97. The summed E-state index contributed by atoms with van der Waals surface area (Å²) in [7, 11) is 0. The summed E-state index contributed by atoms with van der Waals surface area (Å²) >= 11 is 0. The molecular formula is C21H24N4O4. The lowest BCUT2D eigenvalue weighted by molar-refractivity contribution is -0.139. The monoisotopic (exact) mass is 396 g/mol. The van der Waals surface area contributed by atoms with Crippen molar-refractivity contribution in [3.63, 3.8) is 0 Å². The van der Waals surface area contributed by atoms with Crippen LogP contribution >= 0.6 is 0 Å². The number of nitrogens with two attached hydrogens (primary N) is 1. The summed E-state index contributed by atoms with van der Waals surface area (Å²) in [6, 6.07) is 10.4. The minimum atomic E-state index is -0.720. The molecule has 3 rings (SSSR count). The number of hydrogen-bond acceptors (Lipinski definition) is 4. The number of carbonyl (C=O) groups excluding carboxylic acids is 3. The Kier molecular flexibility index (Phi) is 5.81. The zero-order valence-corrected chi connectivity index (χ0v) is 16.4. The first-order valence-electron chi connectivity index (χ1n) is 9.46. The van der Waals surface area contributed by atoms with E-state index in [0.717, 1.165) is 0 Å². The van der Waals surface area contributed by atoms with Gasteiger partial charge in [0.1, 0.15) is 6.04 Å². The molecule has 0 bridgehead atoms. The van der Waals surface area contributed by atoms with Crippen molar-refractivity contribution in [3.05, 3.63) is 64.6 Å². The van der Waals surface area contributed by atoms with Crippen LogP contribution in [-0.2, 0) is 9.59 Å². The summed E-state index contributed by atoms with van der Waals surface area (Å²) < 4.78 is 1.48. The minimum absolute atomic E-state index is 0.164. The van der Waals surface area contributed by atoms with Crippen LogP contribution in [-0.4, -0.2) is 45.8 Å². The van der Waals surface area contributed by atoms with Crippen molar-refractivity contribution in [3.8, 4) is 5.69 Å². The van der Waals surface area contributed by atoms with Crippen LogP contribution in [0.1, 0.15) is 30.6 Å². The Morgan fingerprint density at radius 2 is 1.79 bits per heavy atom. The maximum absolute atomic E-state index is 12.6. The van der Waals surface area contributed by atoms with Crippen molar-refractivity contribution in [1.82, 2.24) is 14.8 Å². The Morgan fingerprint density at radius 3 is 2.38 bits per heavy atom. The molecule has 0 saturated carbocycles. The van der Waals surface area contributed by atoms with Crippen molar-refractivity contribution < 1.29 is 14.4 Å². The number of benzene rings is 1. The second-order valence-corrected chi connectivity index (χ2v) is 7.43. The fourth-order valence-electron chi connectivity index (χ4n) is 3.47. The average molecular weight is 396 g/mol. The normalized spacial score (nSPS) is 18.7. The van der Waals surface area contributed by atoms with Gasteiger partial charge in [-0.05, 0) is 36.8 Å². The summed E-state index contributed by atoms with van der Waals surface area (Å²) in [5.41, 5.74) is 6.34. The highest BCUT2D eigenvalue weighted by Gasteiger charge is 2.39. The molecule has 152 valence electrons. The molecule has 1 aromatic carbocycles. The first-order chi connectivity index (χ1) is 13.8. The van der Waals surface area contributed by atoms with Crippen LogP contribution in [0.25, 0.3) is 5.69 Å². The molecule has 0 aliphatic carbocycles. The van der Waals surface area contributed by atoms with Gasteiger partial charge < -0.3 is 16.0 Å². The highest BCUT2D eigenvalue weighted by molar-refractivity contribution is 5.95. The molecule has 3 N–H and O–H groups in total. The number of aromatic nitrogens is 1. The van der Waals surface area contributed by atoms with Crippen molar-refractivity contribution >= 4 is 17.7 Å². The molecule has 8 nitrogen and oxygen atoms in total. The van der Waals surface area contributed by atoms with Gasteiger partial charge in [0.05, 0.1) is 0 Å². The van der Waals surface area contributed by atoms with Gasteiger partial charge in [-0.1, -0.05) is 19.9 Å². The summed E-state index contributed by atoms with van der Waals surface area (Å²) in [6.45, 7) is 3.76. The topological polar surface area (TPSA) is 114 Å². The van der Waals surface area contributed by atoms with Crippen molar-refractivity contribution in [2.45, 2.75) is 32.4 Å². The molecule has 1 aliphatic heterocycles. The number of carbonyl (C=O) groups is 3. The lowest BCUT2D eigenvalue weighted by Crippen LogP contribution is -2.45. The standard InChI is InChI=1S/C21H24N4O4/c1-13(2)21(29)25-12-15(11-17(25)19(22)27)23-20(28)14-6-8-16(9-7-14)24-10-4-3-5-18(24)26/h3-10,13,15,17H,11-12H2,1-2H3,(H2,22,27)(H,23,28). The predicted molar refractivity (Wildman–Crippen MR) is 107 cm³/mol. The van der Waals surface area contributed by atoms with Crippen molar-refractivity contribution in [2.75, 3.05) is 6.54 Å². The highest BCUT2D eigenvalue weighted by Crippen LogP contribution is 2.21. The summed E-state index contributed by atoms with van der Waals surface area (Å²) in [4.78, 5) is 50.0. The molecule has 0 radical (unpaired) electrons. The molecule has 0 spiro atoms. The van der Waals surface area contributed by atoms with Gasteiger partial charge in [0.25, 0.3) is 11.5 Å². The fraction of sp³-hybridized carbons (Fsp3) is 0.333. The van der Waals surface area contributed by atoms with E-state index in [2.05, 4.69) is 5.32 Å². The molecule has 2 heterocycles. The van der Waals surface area contributed by atoms with Crippen LogP contribution in [0.5, 0.6) is 0 Å². The third-order valence-electron chi connectivity index (χ3n) is 4.97. The molecule has 8 heteroatoms. The van der Waals surface area contributed by atoms with Crippen LogP contribution in [0.3, 0.4) is 0 Å². The molecule has 1 aromatic heterocycles. The van der Waals surface area contributed by atoms with E-state index >= 15 is 0 Å². The van der Waals surface area contributed by atoms with Crippen LogP contribution in [0.15, 0.2) is 53.5 Å². The number of nitrogens with zero attached hydrogens (tertiary/aromatic N) is 2.